The van der Waals surface area contributed by atoms with Crippen molar-refractivity contribution in [2.24, 2.45) is 0 Å². The Morgan fingerprint density at radius 3 is 2.35 bits per heavy atom. The van der Waals surface area contributed by atoms with Gasteiger partial charge < -0.3 is 9.84 Å². The van der Waals surface area contributed by atoms with Crippen LogP contribution in [0, 0.1) is 0 Å². The van der Waals surface area contributed by atoms with Crippen molar-refractivity contribution < 1.29 is 9.84 Å². The summed E-state index contributed by atoms with van der Waals surface area (Å²) >= 11 is 3.75. The van der Waals surface area contributed by atoms with Crippen molar-refractivity contribution in [1.29, 1.82) is 0 Å². The molecule has 2 unspecified atom stereocenters. The second-order valence-corrected chi connectivity index (χ2v) is 7.44. The van der Waals surface area contributed by atoms with E-state index in [4.69, 9.17) is 4.74 Å². The van der Waals surface area contributed by atoms with Crippen LogP contribution < -0.4 is 4.74 Å². The number of aliphatic hydroxyl groups is 1. The third-order valence-electron chi connectivity index (χ3n) is 3.08. The van der Waals surface area contributed by atoms with Crippen molar-refractivity contribution in [2.45, 2.75) is 9.83 Å². The number of thioether (sulfide) groups is 2. The van der Waals surface area contributed by atoms with E-state index in [2.05, 4.69) is 12.1 Å². The number of aliphatic hydroxyl groups excluding tert-OH is 1. The predicted molar refractivity (Wildman–Crippen MR) is 86.6 cm³/mol. The molecule has 0 spiro atoms. The van der Waals surface area contributed by atoms with Crippen molar-refractivity contribution in [3.63, 3.8) is 0 Å². The first kappa shape index (κ1) is 13.9. The van der Waals surface area contributed by atoms with E-state index in [1.807, 2.05) is 66.0 Å². The molecule has 0 amide bonds. The smallest absolute Gasteiger partial charge is 0.127 e. The highest BCUT2D eigenvalue weighted by Gasteiger charge is 2.26. The first-order valence-electron chi connectivity index (χ1n) is 6.56. The monoisotopic (exact) mass is 304 g/mol. The first-order chi connectivity index (χ1) is 9.85. The number of para-hydroxylation sites is 1. The number of ether oxygens (including phenoxy) is 1. The lowest BCUT2D eigenvalue weighted by molar-refractivity contribution is 0.301. The summed E-state index contributed by atoms with van der Waals surface area (Å²) < 4.78 is 6.21. The van der Waals surface area contributed by atoms with Gasteiger partial charge in [-0.25, -0.2) is 0 Å². The Morgan fingerprint density at radius 1 is 1.00 bits per heavy atom. The normalized spacial score (nSPS) is 21.9. The van der Waals surface area contributed by atoms with Gasteiger partial charge in [-0.15, -0.1) is 23.5 Å². The highest BCUT2D eigenvalue weighted by molar-refractivity contribution is 8.19. The third kappa shape index (κ3) is 3.32. The molecule has 1 fully saturated rings. The average Bonchev–Trinajstić information content (AvgIpc) is 2.98. The highest BCUT2D eigenvalue weighted by atomic mass is 32.2. The standard InChI is InChI=1S/C16H16O2S2/c17-10-15-11-19-16(20-15)12-6-8-14(9-7-12)18-13-4-2-1-3-5-13/h1-9,15-17H,10-11H2. The summed E-state index contributed by atoms with van der Waals surface area (Å²) in [6.45, 7) is 0.267. The summed E-state index contributed by atoms with van der Waals surface area (Å²) in [4.78, 5) is 0. The molecule has 0 aliphatic carbocycles. The minimum absolute atomic E-state index is 0.267. The van der Waals surface area contributed by atoms with Crippen LogP contribution >= 0.6 is 23.5 Å². The quantitative estimate of drug-likeness (QED) is 0.911. The van der Waals surface area contributed by atoms with Crippen LogP contribution in [0.2, 0.25) is 0 Å². The molecule has 2 nitrogen and oxygen atoms in total. The van der Waals surface area contributed by atoms with E-state index in [0.29, 0.717) is 9.83 Å². The molecule has 1 N–H and O–H groups in total. The topological polar surface area (TPSA) is 29.5 Å². The molecule has 2 atom stereocenters. The Balaban J connectivity index is 1.66. The Hall–Kier alpha value is -1.10. The number of hydrogen-bond donors (Lipinski definition) is 1. The van der Waals surface area contributed by atoms with Crippen LogP contribution in [0.4, 0.5) is 0 Å². The Morgan fingerprint density at radius 2 is 1.70 bits per heavy atom. The zero-order valence-corrected chi connectivity index (χ0v) is 12.6. The average molecular weight is 304 g/mol. The van der Waals surface area contributed by atoms with E-state index in [9.17, 15) is 5.11 Å². The molecule has 4 heteroatoms. The first-order valence-corrected chi connectivity index (χ1v) is 8.55. The highest BCUT2D eigenvalue weighted by Crippen LogP contribution is 2.49. The molecule has 1 heterocycles. The van der Waals surface area contributed by atoms with E-state index in [1.165, 1.54) is 5.56 Å². The lowest BCUT2D eigenvalue weighted by atomic mass is 10.2. The van der Waals surface area contributed by atoms with E-state index in [1.54, 1.807) is 0 Å². The van der Waals surface area contributed by atoms with Gasteiger partial charge in [-0.3, -0.25) is 0 Å². The maximum atomic E-state index is 9.18. The molecule has 3 rings (SSSR count). The van der Waals surface area contributed by atoms with Crippen LogP contribution in [0.5, 0.6) is 11.5 Å². The minimum Gasteiger partial charge on any atom is -0.457 e. The van der Waals surface area contributed by atoms with Gasteiger partial charge in [0, 0.05) is 11.0 Å². The predicted octanol–water partition coefficient (Wildman–Crippen LogP) is 4.32. The van der Waals surface area contributed by atoms with E-state index >= 15 is 0 Å². The largest absolute Gasteiger partial charge is 0.457 e. The molecule has 2 aromatic rings. The molecule has 104 valence electrons. The number of hydrogen-bond acceptors (Lipinski definition) is 4. The fourth-order valence-electron chi connectivity index (χ4n) is 2.04. The van der Waals surface area contributed by atoms with Crippen molar-refractivity contribution in [3.8, 4) is 11.5 Å². The molecular formula is C16H16O2S2. The van der Waals surface area contributed by atoms with Crippen LogP contribution in [0.15, 0.2) is 54.6 Å². The molecule has 1 saturated heterocycles. The summed E-state index contributed by atoms with van der Waals surface area (Å²) in [6, 6.07) is 18.0. The van der Waals surface area contributed by atoms with Crippen LogP contribution in [0.1, 0.15) is 10.1 Å². The van der Waals surface area contributed by atoms with E-state index in [0.717, 1.165) is 17.3 Å². The molecule has 0 bridgehead atoms. The minimum atomic E-state index is 0.267. The summed E-state index contributed by atoms with van der Waals surface area (Å²) in [5.41, 5.74) is 1.29. The van der Waals surface area contributed by atoms with Crippen LogP contribution in [-0.2, 0) is 0 Å². The fourth-order valence-corrected chi connectivity index (χ4v) is 5.20. The zero-order valence-electron chi connectivity index (χ0n) is 10.9. The maximum absolute atomic E-state index is 9.18. The maximum Gasteiger partial charge on any atom is 0.127 e. The van der Waals surface area contributed by atoms with Gasteiger partial charge in [0.05, 0.1) is 11.2 Å². The SMILES string of the molecule is OCC1CSC(c2ccc(Oc3ccccc3)cc2)S1. The number of benzene rings is 2. The van der Waals surface area contributed by atoms with Gasteiger partial charge in [0.25, 0.3) is 0 Å². The van der Waals surface area contributed by atoms with Crippen LogP contribution in [0.3, 0.4) is 0 Å². The Labute approximate surface area is 127 Å². The van der Waals surface area contributed by atoms with Gasteiger partial charge >= 0.3 is 0 Å². The lowest BCUT2D eigenvalue weighted by Crippen LogP contribution is -2.05. The molecule has 1 aliphatic heterocycles. The van der Waals surface area contributed by atoms with Crippen LogP contribution in [-0.4, -0.2) is 22.7 Å². The van der Waals surface area contributed by atoms with Gasteiger partial charge in [-0.2, -0.15) is 0 Å². The summed E-state index contributed by atoms with van der Waals surface area (Å²) in [7, 11) is 0. The van der Waals surface area contributed by atoms with Crippen molar-refractivity contribution in [3.05, 3.63) is 60.2 Å². The number of rotatable bonds is 4. The van der Waals surface area contributed by atoms with Gasteiger partial charge in [0.15, 0.2) is 0 Å². The Kier molecular flexibility index (Phi) is 4.55. The summed E-state index contributed by atoms with van der Waals surface area (Å²) in [5, 5.41) is 9.55. The molecule has 0 saturated carbocycles. The fraction of sp³-hybridized carbons (Fsp3) is 0.250. The molecule has 20 heavy (non-hydrogen) atoms. The van der Waals surface area contributed by atoms with Crippen molar-refractivity contribution in [1.82, 2.24) is 0 Å². The van der Waals surface area contributed by atoms with Crippen LogP contribution in [0.25, 0.3) is 0 Å². The molecule has 0 radical (unpaired) electrons. The van der Waals surface area contributed by atoms with Gasteiger partial charge in [-0.1, -0.05) is 30.3 Å². The van der Waals surface area contributed by atoms with Gasteiger partial charge in [-0.05, 0) is 29.8 Å². The molecule has 2 aromatic carbocycles. The molecule has 1 aliphatic rings. The lowest BCUT2D eigenvalue weighted by Gasteiger charge is -2.11. The third-order valence-corrected chi connectivity index (χ3v) is 6.43. The molecule has 0 aromatic heterocycles. The van der Waals surface area contributed by atoms with Crippen molar-refractivity contribution in [2.75, 3.05) is 12.4 Å². The zero-order chi connectivity index (χ0) is 13.8. The second-order valence-electron chi connectivity index (χ2n) is 4.59. The van der Waals surface area contributed by atoms with Gasteiger partial charge in [0.2, 0.25) is 0 Å². The Bertz CT molecular complexity index is 542. The van der Waals surface area contributed by atoms with Crippen molar-refractivity contribution >= 4 is 23.5 Å². The second kappa shape index (κ2) is 6.57. The molecular weight excluding hydrogens is 288 g/mol. The summed E-state index contributed by atoms with van der Waals surface area (Å²) in [5.74, 6) is 2.73. The van der Waals surface area contributed by atoms with E-state index in [-0.39, 0.29) is 6.61 Å². The van der Waals surface area contributed by atoms with E-state index < -0.39 is 0 Å². The summed E-state index contributed by atoms with van der Waals surface area (Å²) in [6.07, 6.45) is 0. The van der Waals surface area contributed by atoms with Gasteiger partial charge in [0.1, 0.15) is 11.5 Å².